The van der Waals surface area contributed by atoms with E-state index in [1.807, 2.05) is 38.1 Å². The van der Waals surface area contributed by atoms with Gasteiger partial charge in [-0.3, -0.25) is 0 Å². The normalized spacial score (nSPS) is 12.5. The number of hydrogen-bond donors (Lipinski definition) is 0. The van der Waals surface area contributed by atoms with Crippen molar-refractivity contribution in [2.45, 2.75) is 39.2 Å². The third-order valence-electron chi connectivity index (χ3n) is 3.34. The first-order valence-electron chi connectivity index (χ1n) is 6.96. The Morgan fingerprint density at radius 1 is 0.900 bits per heavy atom. The maximum absolute atomic E-state index is 6.66. The average molecular weight is 289 g/mol. The van der Waals surface area contributed by atoms with Crippen molar-refractivity contribution in [3.8, 4) is 5.75 Å². The Hall–Kier alpha value is -1.47. The molecule has 0 saturated carbocycles. The van der Waals surface area contributed by atoms with Crippen molar-refractivity contribution in [1.82, 2.24) is 0 Å². The Bertz CT molecular complexity index is 552. The molecule has 1 nitrogen and oxygen atoms in total. The van der Waals surface area contributed by atoms with E-state index in [2.05, 4.69) is 32.0 Å². The third-order valence-corrected chi connectivity index (χ3v) is 3.81. The van der Waals surface area contributed by atoms with Crippen molar-refractivity contribution in [3.05, 3.63) is 64.7 Å². The molecule has 0 aliphatic rings. The van der Waals surface area contributed by atoms with Gasteiger partial charge in [-0.2, -0.15) is 0 Å². The summed E-state index contributed by atoms with van der Waals surface area (Å²) in [6.07, 6.45) is 0.186. The lowest BCUT2D eigenvalue weighted by Crippen LogP contribution is -2.05. The third kappa shape index (κ3) is 3.34. The van der Waals surface area contributed by atoms with E-state index in [0.29, 0.717) is 0 Å². The van der Waals surface area contributed by atoms with Gasteiger partial charge >= 0.3 is 0 Å². The summed E-state index contributed by atoms with van der Waals surface area (Å²) in [6, 6.07) is 14.3. The smallest absolute Gasteiger partial charge is 0.119 e. The van der Waals surface area contributed by atoms with Crippen molar-refractivity contribution in [2.24, 2.45) is 0 Å². The van der Waals surface area contributed by atoms with Crippen LogP contribution < -0.4 is 4.74 Å². The Balaban J connectivity index is 2.27. The Morgan fingerprint density at radius 3 is 1.95 bits per heavy atom. The van der Waals surface area contributed by atoms with Crippen LogP contribution in [0, 0.1) is 13.8 Å². The van der Waals surface area contributed by atoms with Crippen molar-refractivity contribution in [1.29, 1.82) is 0 Å². The fourth-order valence-electron chi connectivity index (χ4n) is 2.38. The van der Waals surface area contributed by atoms with Crippen LogP contribution in [0.25, 0.3) is 0 Å². The number of hydrogen-bond acceptors (Lipinski definition) is 1. The van der Waals surface area contributed by atoms with Crippen LogP contribution in [-0.2, 0) is 0 Å². The number of ether oxygens (including phenoxy) is 1. The molecule has 0 radical (unpaired) electrons. The highest BCUT2D eigenvalue weighted by Crippen LogP contribution is 2.34. The predicted molar refractivity (Wildman–Crippen MR) is 85.8 cm³/mol. The zero-order valence-electron chi connectivity index (χ0n) is 12.5. The van der Waals surface area contributed by atoms with Gasteiger partial charge in [-0.1, -0.05) is 30.3 Å². The largest absolute Gasteiger partial charge is 0.491 e. The van der Waals surface area contributed by atoms with Gasteiger partial charge in [0.15, 0.2) is 0 Å². The Kier molecular flexibility index (Phi) is 4.72. The van der Waals surface area contributed by atoms with Crippen LogP contribution in [0.1, 0.15) is 41.5 Å². The lowest BCUT2D eigenvalue weighted by atomic mass is 9.96. The van der Waals surface area contributed by atoms with Gasteiger partial charge in [0.1, 0.15) is 5.75 Å². The van der Waals surface area contributed by atoms with Gasteiger partial charge in [0.2, 0.25) is 0 Å². The van der Waals surface area contributed by atoms with Crippen LogP contribution in [-0.4, -0.2) is 6.10 Å². The van der Waals surface area contributed by atoms with E-state index < -0.39 is 0 Å². The van der Waals surface area contributed by atoms with Gasteiger partial charge in [-0.15, -0.1) is 11.6 Å². The SMILES string of the molecule is Cc1cccc(C)c1C(Cl)c1ccc(OC(C)C)cc1. The highest BCUT2D eigenvalue weighted by atomic mass is 35.5. The molecule has 0 bridgehead atoms. The fourth-order valence-corrected chi connectivity index (χ4v) is 2.87. The standard InChI is InChI=1S/C18H21ClO/c1-12(2)20-16-10-8-15(9-11-16)18(19)17-13(3)6-5-7-14(17)4/h5-12,18H,1-4H3. The van der Waals surface area contributed by atoms with E-state index in [1.54, 1.807) is 0 Å². The monoisotopic (exact) mass is 288 g/mol. The number of alkyl halides is 1. The molecule has 1 unspecified atom stereocenters. The average Bonchev–Trinajstić information content (AvgIpc) is 2.38. The Morgan fingerprint density at radius 2 is 1.45 bits per heavy atom. The molecule has 2 aromatic carbocycles. The van der Waals surface area contributed by atoms with Crippen LogP contribution in [0.4, 0.5) is 0 Å². The molecule has 0 saturated heterocycles. The van der Waals surface area contributed by atoms with Crippen LogP contribution >= 0.6 is 11.6 Å². The molecule has 0 aromatic heterocycles. The van der Waals surface area contributed by atoms with Gasteiger partial charge in [-0.25, -0.2) is 0 Å². The second-order valence-corrected chi connectivity index (χ2v) is 5.84. The first-order valence-corrected chi connectivity index (χ1v) is 7.39. The molecule has 0 amide bonds. The topological polar surface area (TPSA) is 9.23 Å². The quantitative estimate of drug-likeness (QED) is 0.683. The van der Waals surface area contributed by atoms with Crippen molar-refractivity contribution < 1.29 is 4.74 Å². The molecule has 20 heavy (non-hydrogen) atoms. The summed E-state index contributed by atoms with van der Waals surface area (Å²) in [5, 5.41) is -0.121. The van der Waals surface area contributed by atoms with Crippen LogP contribution in [0.3, 0.4) is 0 Å². The lowest BCUT2D eigenvalue weighted by molar-refractivity contribution is 0.242. The second kappa shape index (κ2) is 6.32. The maximum atomic E-state index is 6.66. The molecule has 2 rings (SSSR count). The summed E-state index contributed by atoms with van der Waals surface area (Å²) in [7, 11) is 0. The minimum atomic E-state index is -0.121. The molecular formula is C18H21ClO. The summed E-state index contributed by atoms with van der Waals surface area (Å²) >= 11 is 6.66. The van der Waals surface area contributed by atoms with E-state index >= 15 is 0 Å². The lowest BCUT2D eigenvalue weighted by Gasteiger charge is -2.17. The van der Waals surface area contributed by atoms with E-state index in [-0.39, 0.29) is 11.5 Å². The van der Waals surface area contributed by atoms with E-state index in [9.17, 15) is 0 Å². The van der Waals surface area contributed by atoms with Gasteiger partial charge in [0.05, 0.1) is 11.5 Å². The molecule has 0 aliphatic carbocycles. The van der Waals surface area contributed by atoms with Gasteiger partial charge in [0.25, 0.3) is 0 Å². The summed E-state index contributed by atoms with van der Waals surface area (Å²) < 4.78 is 5.66. The zero-order valence-corrected chi connectivity index (χ0v) is 13.2. The minimum Gasteiger partial charge on any atom is -0.491 e. The van der Waals surface area contributed by atoms with Crippen LogP contribution in [0.15, 0.2) is 42.5 Å². The predicted octanol–water partition coefficient (Wildman–Crippen LogP) is 5.42. The minimum absolute atomic E-state index is 0.121. The molecule has 0 aliphatic heterocycles. The maximum Gasteiger partial charge on any atom is 0.119 e. The van der Waals surface area contributed by atoms with E-state index in [0.717, 1.165) is 11.3 Å². The fraction of sp³-hybridized carbons (Fsp3) is 0.333. The van der Waals surface area contributed by atoms with E-state index in [1.165, 1.54) is 16.7 Å². The molecule has 1 atom stereocenters. The van der Waals surface area contributed by atoms with Crippen LogP contribution in [0.2, 0.25) is 0 Å². The molecule has 0 N–H and O–H groups in total. The first-order chi connectivity index (χ1) is 9.49. The molecule has 2 heteroatoms. The summed E-state index contributed by atoms with van der Waals surface area (Å²) in [5.74, 6) is 0.883. The Labute approximate surface area is 126 Å². The van der Waals surface area contributed by atoms with Gasteiger partial charge in [-0.05, 0) is 62.1 Å². The number of benzene rings is 2. The molecule has 106 valence electrons. The molecule has 0 heterocycles. The highest BCUT2D eigenvalue weighted by Gasteiger charge is 2.15. The molecule has 0 fully saturated rings. The molecule has 0 spiro atoms. The van der Waals surface area contributed by atoms with Crippen molar-refractivity contribution in [3.63, 3.8) is 0 Å². The second-order valence-electron chi connectivity index (χ2n) is 5.40. The number of rotatable bonds is 4. The highest BCUT2D eigenvalue weighted by molar-refractivity contribution is 6.22. The number of halogens is 1. The number of aryl methyl sites for hydroxylation is 2. The summed E-state index contributed by atoms with van der Waals surface area (Å²) in [4.78, 5) is 0. The van der Waals surface area contributed by atoms with Crippen LogP contribution in [0.5, 0.6) is 5.75 Å². The molecular weight excluding hydrogens is 268 g/mol. The van der Waals surface area contributed by atoms with E-state index in [4.69, 9.17) is 16.3 Å². The van der Waals surface area contributed by atoms with Crippen molar-refractivity contribution >= 4 is 11.6 Å². The zero-order chi connectivity index (χ0) is 14.7. The molecule has 2 aromatic rings. The van der Waals surface area contributed by atoms with Gasteiger partial charge in [0, 0.05) is 0 Å². The van der Waals surface area contributed by atoms with Gasteiger partial charge < -0.3 is 4.74 Å². The van der Waals surface area contributed by atoms with Crippen molar-refractivity contribution in [2.75, 3.05) is 0 Å². The summed E-state index contributed by atoms with van der Waals surface area (Å²) in [6.45, 7) is 8.26. The summed E-state index contributed by atoms with van der Waals surface area (Å²) in [5.41, 5.74) is 4.76. The first kappa shape index (κ1) is 14.9.